The zero-order valence-electron chi connectivity index (χ0n) is 7.86. The molecule has 0 aromatic carbocycles. The van der Waals surface area contributed by atoms with E-state index in [1.807, 2.05) is 17.8 Å². The maximum absolute atomic E-state index is 9.00. The van der Waals surface area contributed by atoms with Crippen molar-refractivity contribution >= 4 is 11.3 Å². The molecule has 74 valence electrons. The van der Waals surface area contributed by atoms with Crippen LogP contribution in [0.1, 0.15) is 25.5 Å². The zero-order valence-corrected chi connectivity index (χ0v) is 8.68. The predicted molar refractivity (Wildman–Crippen MR) is 54.7 cm³/mol. The van der Waals surface area contributed by atoms with Gasteiger partial charge in [0.25, 0.3) is 0 Å². The Morgan fingerprint density at radius 1 is 1.69 bits per heavy atom. The summed E-state index contributed by atoms with van der Waals surface area (Å²) in [6, 6.07) is 0. The summed E-state index contributed by atoms with van der Waals surface area (Å²) >= 11 is 1.62. The first kappa shape index (κ1) is 10.6. The van der Waals surface area contributed by atoms with E-state index in [0.717, 1.165) is 31.6 Å². The molecule has 0 fully saturated rings. The van der Waals surface area contributed by atoms with Crippen molar-refractivity contribution in [3.8, 4) is 0 Å². The second-order valence-corrected chi connectivity index (χ2v) is 3.87. The van der Waals surface area contributed by atoms with E-state index >= 15 is 0 Å². The summed E-state index contributed by atoms with van der Waals surface area (Å²) in [5, 5.41) is 14.3. The van der Waals surface area contributed by atoms with Crippen LogP contribution in [0, 0.1) is 0 Å². The molecule has 0 amide bonds. The van der Waals surface area contributed by atoms with Gasteiger partial charge in [-0.15, -0.1) is 11.3 Å². The van der Waals surface area contributed by atoms with Crippen LogP contribution in [0.2, 0.25) is 0 Å². The van der Waals surface area contributed by atoms with Crippen LogP contribution in [0.4, 0.5) is 0 Å². The van der Waals surface area contributed by atoms with Gasteiger partial charge >= 0.3 is 0 Å². The first-order valence-electron chi connectivity index (χ1n) is 4.55. The topological polar surface area (TPSA) is 45.1 Å². The third-order valence-electron chi connectivity index (χ3n) is 1.77. The second kappa shape index (κ2) is 6.07. The van der Waals surface area contributed by atoms with Gasteiger partial charge in [-0.1, -0.05) is 0 Å². The van der Waals surface area contributed by atoms with Crippen molar-refractivity contribution in [3.05, 3.63) is 16.6 Å². The smallest absolute Gasteiger partial charge is 0.0795 e. The quantitative estimate of drug-likeness (QED) is 0.682. The van der Waals surface area contributed by atoms with E-state index in [1.54, 1.807) is 11.3 Å². The van der Waals surface area contributed by atoms with E-state index in [4.69, 9.17) is 5.11 Å². The van der Waals surface area contributed by atoms with Crippen LogP contribution in [0.15, 0.2) is 10.9 Å². The van der Waals surface area contributed by atoms with Gasteiger partial charge in [0, 0.05) is 11.9 Å². The van der Waals surface area contributed by atoms with Crippen molar-refractivity contribution in [1.82, 2.24) is 10.3 Å². The molecule has 13 heavy (non-hydrogen) atoms. The van der Waals surface area contributed by atoms with Crippen LogP contribution in [0.25, 0.3) is 0 Å². The number of rotatable bonds is 6. The number of aliphatic hydroxyl groups excluding tert-OH is 1. The number of aromatic nitrogens is 1. The van der Waals surface area contributed by atoms with Gasteiger partial charge in [-0.2, -0.15) is 0 Å². The molecule has 0 saturated heterocycles. The minimum absolute atomic E-state index is 0.180. The fourth-order valence-corrected chi connectivity index (χ4v) is 1.62. The molecule has 4 heteroatoms. The number of hydrogen-bond acceptors (Lipinski definition) is 4. The Labute approximate surface area is 82.8 Å². The summed E-state index contributed by atoms with van der Waals surface area (Å²) in [7, 11) is 0. The van der Waals surface area contributed by atoms with Gasteiger partial charge in [0.15, 0.2) is 0 Å². The van der Waals surface area contributed by atoms with Gasteiger partial charge in [0.05, 0.1) is 17.3 Å². The lowest BCUT2D eigenvalue weighted by atomic mass is 10.2. The van der Waals surface area contributed by atoms with Crippen LogP contribution in [-0.2, 0) is 6.54 Å². The molecule has 0 aliphatic heterocycles. The summed E-state index contributed by atoms with van der Waals surface area (Å²) in [4.78, 5) is 4.16. The Kier molecular flexibility index (Phi) is 4.97. The molecule has 0 spiro atoms. The lowest BCUT2D eigenvalue weighted by Crippen LogP contribution is -2.16. The highest BCUT2D eigenvalue weighted by Crippen LogP contribution is 2.00. The number of nitrogens with zero attached hydrogens (tertiary/aromatic N) is 1. The van der Waals surface area contributed by atoms with Crippen LogP contribution in [-0.4, -0.2) is 22.7 Å². The fraction of sp³-hybridized carbons (Fsp3) is 0.667. The van der Waals surface area contributed by atoms with Crippen LogP contribution in [0.3, 0.4) is 0 Å². The molecular formula is C9H16N2OS. The van der Waals surface area contributed by atoms with Crippen molar-refractivity contribution in [2.24, 2.45) is 0 Å². The van der Waals surface area contributed by atoms with Gasteiger partial charge in [-0.3, -0.25) is 0 Å². The number of aliphatic hydroxyl groups is 1. The van der Waals surface area contributed by atoms with Crippen molar-refractivity contribution in [3.63, 3.8) is 0 Å². The molecule has 1 unspecified atom stereocenters. The highest BCUT2D eigenvalue weighted by molar-refractivity contribution is 7.07. The van der Waals surface area contributed by atoms with Gasteiger partial charge in [0.1, 0.15) is 0 Å². The molecule has 0 aliphatic carbocycles. The average Bonchev–Trinajstić information content (AvgIpc) is 2.55. The molecule has 2 N–H and O–H groups in total. The Morgan fingerprint density at radius 3 is 3.15 bits per heavy atom. The molecule has 0 aliphatic rings. The molecule has 1 atom stereocenters. The number of hydrogen-bond donors (Lipinski definition) is 2. The highest BCUT2D eigenvalue weighted by atomic mass is 32.1. The van der Waals surface area contributed by atoms with Crippen molar-refractivity contribution in [2.45, 2.75) is 32.4 Å². The lowest BCUT2D eigenvalue weighted by molar-refractivity contribution is 0.181. The van der Waals surface area contributed by atoms with Gasteiger partial charge in [0.2, 0.25) is 0 Å². The SMILES string of the molecule is CC(O)CCCNCc1cscn1. The molecule has 0 bridgehead atoms. The summed E-state index contributed by atoms with van der Waals surface area (Å²) in [6.07, 6.45) is 1.70. The lowest BCUT2D eigenvalue weighted by Gasteiger charge is -2.04. The van der Waals surface area contributed by atoms with Crippen LogP contribution < -0.4 is 5.32 Å². The van der Waals surface area contributed by atoms with Gasteiger partial charge in [-0.05, 0) is 26.3 Å². The van der Waals surface area contributed by atoms with E-state index in [-0.39, 0.29) is 6.10 Å². The van der Waals surface area contributed by atoms with Gasteiger partial charge < -0.3 is 10.4 Å². The van der Waals surface area contributed by atoms with E-state index in [1.165, 1.54) is 0 Å². The molecule has 1 rings (SSSR count). The third-order valence-corrected chi connectivity index (χ3v) is 2.40. The molecule has 0 saturated carbocycles. The Balaban J connectivity index is 1.96. The number of thiazole rings is 1. The normalized spacial score (nSPS) is 13.1. The maximum atomic E-state index is 9.00. The Hall–Kier alpha value is -0.450. The summed E-state index contributed by atoms with van der Waals surface area (Å²) in [6.45, 7) is 3.60. The second-order valence-electron chi connectivity index (χ2n) is 3.15. The third kappa shape index (κ3) is 4.98. The average molecular weight is 200 g/mol. The number of nitrogens with one attached hydrogen (secondary N) is 1. The molecular weight excluding hydrogens is 184 g/mol. The van der Waals surface area contributed by atoms with Crippen molar-refractivity contribution in [1.29, 1.82) is 0 Å². The standard InChI is InChI=1S/C9H16N2OS/c1-8(12)3-2-4-10-5-9-6-13-7-11-9/h6-8,10,12H,2-5H2,1H3. The van der Waals surface area contributed by atoms with E-state index in [9.17, 15) is 0 Å². The first-order valence-corrected chi connectivity index (χ1v) is 5.49. The Bertz CT molecular complexity index is 211. The highest BCUT2D eigenvalue weighted by Gasteiger charge is 1.96. The molecule has 3 nitrogen and oxygen atoms in total. The summed E-state index contributed by atoms with van der Waals surface area (Å²) < 4.78 is 0. The molecule has 1 heterocycles. The summed E-state index contributed by atoms with van der Waals surface area (Å²) in [5.41, 5.74) is 2.94. The zero-order chi connectivity index (χ0) is 9.52. The summed E-state index contributed by atoms with van der Waals surface area (Å²) in [5.74, 6) is 0. The van der Waals surface area contributed by atoms with Crippen molar-refractivity contribution in [2.75, 3.05) is 6.54 Å². The van der Waals surface area contributed by atoms with E-state index in [2.05, 4.69) is 10.3 Å². The van der Waals surface area contributed by atoms with Crippen LogP contribution in [0.5, 0.6) is 0 Å². The van der Waals surface area contributed by atoms with E-state index in [0.29, 0.717) is 0 Å². The predicted octanol–water partition coefficient (Wildman–Crippen LogP) is 1.39. The minimum Gasteiger partial charge on any atom is -0.393 e. The maximum Gasteiger partial charge on any atom is 0.0795 e. The first-order chi connectivity index (χ1) is 6.29. The minimum atomic E-state index is -0.180. The monoisotopic (exact) mass is 200 g/mol. The largest absolute Gasteiger partial charge is 0.393 e. The van der Waals surface area contributed by atoms with Crippen molar-refractivity contribution < 1.29 is 5.11 Å². The molecule has 1 aromatic heterocycles. The van der Waals surface area contributed by atoms with Crippen LogP contribution >= 0.6 is 11.3 Å². The van der Waals surface area contributed by atoms with Gasteiger partial charge in [-0.25, -0.2) is 4.98 Å². The molecule has 1 aromatic rings. The fourth-order valence-electron chi connectivity index (χ4n) is 1.06. The molecule has 0 radical (unpaired) electrons. The Morgan fingerprint density at radius 2 is 2.54 bits per heavy atom. The van der Waals surface area contributed by atoms with E-state index < -0.39 is 0 Å².